The summed E-state index contributed by atoms with van der Waals surface area (Å²) in [6.45, 7) is 3.04. The van der Waals surface area contributed by atoms with Gasteiger partial charge in [-0.3, -0.25) is 9.59 Å². The molecule has 4 rings (SSSR count). The lowest BCUT2D eigenvalue weighted by Gasteiger charge is -2.35. The molecule has 3 aromatic rings. The summed E-state index contributed by atoms with van der Waals surface area (Å²) in [4.78, 5) is 30.0. The number of amides is 2. The van der Waals surface area contributed by atoms with Crippen LogP contribution in [-0.2, 0) is 32.8 Å². The van der Waals surface area contributed by atoms with Gasteiger partial charge in [-0.05, 0) is 61.6 Å². The largest absolute Gasteiger partial charge is 0.352 e. The fourth-order valence-corrected chi connectivity index (χ4v) is 7.10. The van der Waals surface area contributed by atoms with Crippen molar-refractivity contribution in [1.82, 2.24) is 14.5 Å². The maximum absolute atomic E-state index is 14.5. The molecule has 0 aliphatic heterocycles. The van der Waals surface area contributed by atoms with Gasteiger partial charge in [-0.2, -0.15) is 12.7 Å². The van der Waals surface area contributed by atoms with Gasteiger partial charge >= 0.3 is 10.2 Å². The molecule has 0 spiro atoms. The summed E-state index contributed by atoms with van der Waals surface area (Å²) in [5.74, 6) is -0.860. The normalized spacial score (nSPS) is 14.4. The summed E-state index contributed by atoms with van der Waals surface area (Å²) in [7, 11) is -1.26. The van der Waals surface area contributed by atoms with Crippen molar-refractivity contribution < 1.29 is 18.0 Å². The molecule has 2 amide bonds. The van der Waals surface area contributed by atoms with Gasteiger partial charge in [0.25, 0.3) is 0 Å². The Labute approximate surface area is 271 Å². The highest BCUT2D eigenvalue weighted by atomic mass is 35.5. The van der Waals surface area contributed by atoms with E-state index in [9.17, 15) is 18.0 Å². The van der Waals surface area contributed by atoms with Crippen LogP contribution in [0.1, 0.15) is 47.9 Å². The van der Waals surface area contributed by atoms with Gasteiger partial charge < -0.3 is 10.2 Å². The number of halogens is 2. The van der Waals surface area contributed by atoms with Crippen LogP contribution in [0.15, 0.2) is 66.7 Å². The van der Waals surface area contributed by atoms with Crippen molar-refractivity contribution in [3.8, 4) is 0 Å². The van der Waals surface area contributed by atoms with Crippen LogP contribution >= 0.6 is 23.2 Å². The van der Waals surface area contributed by atoms with E-state index in [-0.39, 0.29) is 24.9 Å². The SMILES string of the molecule is Cc1ccc(C)c(N(CC(=O)N(Cc2c(Cl)cccc2Cl)[C@H](Cc2ccccc2)C(=O)NC2CCCC2)S(=O)(=O)N(C)C)c1. The Hall–Kier alpha value is -3.11. The lowest BCUT2D eigenvalue weighted by atomic mass is 10.0. The Morgan fingerprint density at radius 3 is 2.18 bits per heavy atom. The molecular weight excluding hydrogens is 619 g/mol. The molecule has 1 N–H and O–H groups in total. The molecule has 0 bridgehead atoms. The summed E-state index contributed by atoms with van der Waals surface area (Å²) in [6.07, 6.45) is 4.01. The molecule has 1 saturated carbocycles. The number of carbonyl (C=O) groups excluding carboxylic acids is 2. The second kappa shape index (κ2) is 14.8. The molecule has 11 heteroatoms. The molecule has 0 unspecified atom stereocenters. The smallest absolute Gasteiger partial charge is 0.304 e. The predicted octanol–water partition coefficient (Wildman–Crippen LogP) is 5.92. The lowest BCUT2D eigenvalue weighted by molar-refractivity contribution is -0.140. The van der Waals surface area contributed by atoms with E-state index >= 15 is 0 Å². The van der Waals surface area contributed by atoms with Crippen molar-refractivity contribution in [3.05, 3.63) is 99.0 Å². The van der Waals surface area contributed by atoms with E-state index in [2.05, 4.69) is 5.32 Å². The van der Waals surface area contributed by atoms with E-state index in [4.69, 9.17) is 23.2 Å². The minimum absolute atomic E-state index is 0.0159. The lowest BCUT2D eigenvalue weighted by Crippen LogP contribution is -2.55. The highest BCUT2D eigenvalue weighted by molar-refractivity contribution is 7.90. The average molecular weight is 660 g/mol. The zero-order valence-corrected chi connectivity index (χ0v) is 27.9. The van der Waals surface area contributed by atoms with E-state index in [0.717, 1.165) is 45.4 Å². The van der Waals surface area contributed by atoms with E-state index in [0.29, 0.717) is 26.9 Å². The van der Waals surface area contributed by atoms with Gasteiger partial charge in [0, 0.05) is 48.7 Å². The number of hydrogen-bond acceptors (Lipinski definition) is 4. The van der Waals surface area contributed by atoms with Crippen molar-refractivity contribution in [1.29, 1.82) is 0 Å². The molecule has 0 heterocycles. The van der Waals surface area contributed by atoms with Gasteiger partial charge in [0.15, 0.2) is 0 Å². The van der Waals surface area contributed by atoms with E-state index < -0.39 is 28.7 Å². The molecule has 3 aromatic carbocycles. The van der Waals surface area contributed by atoms with Crippen LogP contribution in [0.3, 0.4) is 0 Å². The van der Waals surface area contributed by atoms with Crippen LogP contribution in [0.2, 0.25) is 10.0 Å². The van der Waals surface area contributed by atoms with Gasteiger partial charge in [0.2, 0.25) is 11.8 Å². The van der Waals surface area contributed by atoms with Crippen molar-refractivity contribution in [3.63, 3.8) is 0 Å². The van der Waals surface area contributed by atoms with Crippen LogP contribution < -0.4 is 9.62 Å². The van der Waals surface area contributed by atoms with E-state index in [1.165, 1.54) is 19.0 Å². The standard InChI is InChI=1S/C33H40Cl2N4O4S/c1-23-17-18-24(2)30(19-23)39(44(42,43)37(3)4)22-32(40)38(21-27-28(34)15-10-16-29(27)35)31(20-25-11-6-5-7-12-25)33(41)36-26-13-8-9-14-26/h5-7,10-12,15-19,26,31H,8-9,13-14,20-22H2,1-4H3,(H,36,41)/t31-/m1/s1. The van der Waals surface area contributed by atoms with Crippen LogP contribution in [0.4, 0.5) is 5.69 Å². The Morgan fingerprint density at radius 1 is 0.932 bits per heavy atom. The Bertz CT molecular complexity index is 1560. The van der Waals surface area contributed by atoms with Crippen LogP contribution in [-0.4, -0.2) is 62.2 Å². The molecule has 1 aliphatic rings. The zero-order chi connectivity index (χ0) is 32.0. The van der Waals surface area contributed by atoms with Gasteiger partial charge in [-0.25, -0.2) is 4.31 Å². The molecule has 1 aliphatic carbocycles. The Morgan fingerprint density at radius 2 is 1.57 bits per heavy atom. The fourth-order valence-electron chi connectivity index (χ4n) is 5.47. The van der Waals surface area contributed by atoms with Gasteiger partial charge in [-0.1, -0.05) is 84.6 Å². The maximum Gasteiger partial charge on any atom is 0.304 e. The molecule has 8 nitrogen and oxygen atoms in total. The average Bonchev–Trinajstić information content (AvgIpc) is 3.49. The fraction of sp³-hybridized carbons (Fsp3) is 0.394. The molecule has 236 valence electrons. The van der Waals surface area contributed by atoms with Gasteiger partial charge in [0.05, 0.1) is 5.69 Å². The highest BCUT2D eigenvalue weighted by Crippen LogP contribution is 2.30. The van der Waals surface area contributed by atoms with Crippen molar-refractivity contribution in [2.24, 2.45) is 0 Å². The molecule has 0 saturated heterocycles. The molecule has 0 aromatic heterocycles. The zero-order valence-electron chi connectivity index (χ0n) is 25.6. The third-order valence-corrected chi connectivity index (χ3v) is 10.5. The summed E-state index contributed by atoms with van der Waals surface area (Å²) in [5.41, 5.74) is 3.25. The van der Waals surface area contributed by atoms with Crippen LogP contribution in [0, 0.1) is 13.8 Å². The first-order valence-electron chi connectivity index (χ1n) is 14.7. The van der Waals surface area contributed by atoms with Crippen molar-refractivity contribution >= 4 is 50.9 Å². The van der Waals surface area contributed by atoms with Gasteiger partial charge in [0.1, 0.15) is 12.6 Å². The first-order chi connectivity index (χ1) is 20.9. The Balaban J connectivity index is 1.81. The molecule has 1 fully saturated rings. The second-order valence-electron chi connectivity index (χ2n) is 11.5. The second-order valence-corrected chi connectivity index (χ2v) is 14.4. The topological polar surface area (TPSA) is 90.0 Å². The minimum atomic E-state index is -4.11. The first kappa shape index (κ1) is 33.8. The quantitative estimate of drug-likeness (QED) is 0.262. The number of aryl methyl sites for hydroxylation is 2. The molecule has 1 atom stereocenters. The minimum Gasteiger partial charge on any atom is -0.352 e. The van der Waals surface area contributed by atoms with E-state index in [1.54, 1.807) is 31.2 Å². The number of benzene rings is 3. The maximum atomic E-state index is 14.5. The monoisotopic (exact) mass is 658 g/mol. The molecule has 0 radical (unpaired) electrons. The number of anilines is 1. The number of nitrogens with zero attached hydrogens (tertiary/aromatic N) is 3. The summed E-state index contributed by atoms with van der Waals surface area (Å²) in [6, 6.07) is 19.0. The highest BCUT2D eigenvalue weighted by Gasteiger charge is 2.36. The number of rotatable bonds is 12. The van der Waals surface area contributed by atoms with Crippen molar-refractivity contribution in [2.75, 3.05) is 24.9 Å². The summed E-state index contributed by atoms with van der Waals surface area (Å²) >= 11 is 13.2. The predicted molar refractivity (Wildman–Crippen MR) is 177 cm³/mol. The number of hydrogen-bond donors (Lipinski definition) is 1. The summed E-state index contributed by atoms with van der Waals surface area (Å²) < 4.78 is 29.6. The van der Waals surface area contributed by atoms with Crippen molar-refractivity contribution in [2.45, 2.75) is 64.6 Å². The van der Waals surface area contributed by atoms with Crippen LogP contribution in [0.5, 0.6) is 0 Å². The third kappa shape index (κ3) is 8.13. The number of nitrogens with one attached hydrogen (secondary N) is 1. The van der Waals surface area contributed by atoms with Gasteiger partial charge in [-0.15, -0.1) is 0 Å². The Kier molecular flexibility index (Phi) is 11.3. The first-order valence-corrected chi connectivity index (χ1v) is 16.9. The number of carbonyl (C=O) groups is 2. The molecular formula is C33H40Cl2N4O4S. The third-order valence-electron chi connectivity index (χ3n) is 8.01. The summed E-state index contributed by atoms with van der Waals surface area (Å²) in [5, 5.41) is 3.85. The van der Waals surface area contributed by atoms with E-state index in [1.807, 2.05) is 49.4 Å². The van der Waals surface area contributed by atoms with Crippen LogP contribution in [0.25, 0.3) is 0 Å². The molecule has 44 heavy (non-hydrogen) atoms.